The van der Waals surface area contributed by atoms with Crippen molar-refractivity contribution < 1.29 is 9.53 Å². The van der Waals surface area contributed by atoms with Crippen LogP contribution in [0.5, 0.6) is 11.8 Å². The Hall–Kier alpha value is -4.42. The lowest BCUT2D eigenvalue weighted by molar-refractivity contribution is 0.0957. The van der Waals surface area contributed by atoms with Gasteiger partial charge < -0.3 is 19.9 Å². The average molecular weight is 510 g/mol. The number of carbonyl (C=O) groups excluding carboxylic acids is 1. The Kier molecular flexibility index (Phi) is 7.81. The number of aryl methyl sites for hydroxylation is 1. The molecule has 2 aromatic heterocycles. The summed E-state index contributed by atoms with van der Waals surface area (Å²) in [6.45, 7) is 5.14. The molecule has 1 amide bonds. The summed E-state index contributed by atoms with van der Waals surface area (Å²) >= 11 is 0. The molecule has 4 aromatic rings. The van der Waals surface area contributed by atoms with Crippen LogP contribution in [0.2, 0.25) is 0 Å². The van der Waals surface area contributed by atoms with Crippen LogP contribution in [0.1, 0.15) is 34.5 Å². The molecule has 2 N–H and O–H groups in total. The third-order valence-corrected chi connectivity index (χ3v) is 6.94. The number of aromatic amines is 1. The van der Waals surface area contributed by atoms with Gasteiger partial charge in [0.25, 0.3) is 5.91 Å². The molecule has 5 rings (SSSR count). The van der Waals surface area contributed by atoms with E-state index in [0.717, 1.165) is 63.2 Å². The number of ether oxygens (including phenoxy) is 1. The van der Waals surface area contributed by atoms with E-state index in [4.69, 9.17) is 4.74 Å². The SMILES string of the molecule is CNC(=O)c1ccnc(Oc2ccc(N3CCN(CCCCc4c[nH]c5ccc(C#N)cc45)CC3)cc2)n1. The Balaban J connectivity index is 1.06. The van der Waals surface area contributed by atoms with Crippen LogP contribution < -0.4 is 15.0 Å². The van der Waals surface area contributed by atoms with Crippen LogP contribution in [-0.2, 0) is 6.42 Å². The van der Waals surface area contributed by atoms with Crippen molar-refractivity contribution in [3.8, 4) is 17.8 Å². The quantitative estimate of drug-likeness (QED) is 0.327. The minimum absolute atomic E-state index is 0.143. The van der Waals surface area contributed by atoms with Gasteiger partial charge in [-0.05, 0) is 79.9 Å². The number of piperazine rings is 1. The normalized spacial score (nSPS) is 13.8. The summed E-state index contributed by atoms with van der Waals surface area (Å²) in [5.41, 5.74) is 4.52. The van der Waals surface area contributed by atoms with Gasteiger partial charge in [0.05, 0.1) is 11.6 Å². The maximum atomic E-state index is 11.8. The Morgan fingerprint density at radius 1 is 1.11 bits per heavy atom. The van der Waals surface area contributed by atoms with E-state index in [0.29, 0.717) is 11.3 Å². The van der Waals surface area contributed by atoms with Crippen molar-refractivity contribution in [2.45, 2.75) is 19.3 Å². The second-order valence-electron chi connectivity index (χ2n) is 9.37. The number of hydrogen-bond acceptors (Lipinski definition) is 7. The van der Waals surface area contributed by atoms with Crippen LogP contribution in [0, 0.1) is 11.3 Å². The third kappa shape index (κ3) is 5.93. The number of amides is 1. The van der Waals surface area contributed by atoms with Crippen LogP contribution in [0.15, 0.2) is 60.9 Å². The molecular weight excluding hydrogens is 478 g/mol. The first-order valence-electron chi connectivity index (χ1n) is 12.9. The number of carbonyl (C=O) groups is 1. The van der Waals surface area contributed by atoms with Crippen LogP contribution >= 0.6 is 0 Å². The van der Waals surface area contributed by atoms with Gasteiger partial charge in [-0.2, -0.15) is 10.2 Å². The number of aromatic nitrogens is 3. The zero-order valence-corrected chi connectivity index (χ0v) is 21.5. The summed E-state index contributed by atoms with van der Waals surface area (Å²) in [4.78, 5) is 28.3. The first-order chi connectivity index (χ1) is 18.6. The van der Waals surface area contributed by atoms with E-state index in [1.54, 1.807) is 13.1 Å². The number of hydrogen-bond donors (Lipinski definition) is 2. The van der Waals surface area contributed by atoms with E-state index in [2.05, 4.69) is 42.3 Å². The fourth-order valence-electron chi connectivity index (χ4n) is 4.81. The number of H-pyrrole nitrogens is 1. The van der Waals surface area contributed by atoms with Crippen LogP contribution in [0.3, 0.4) is 0 Å². The highest BCUT2D eigenvalue weighted by atomic mass is 16.5. The largest absolute Gasteiger partial charge is 0.424 e. The standard InChI is InChI=1S/C29H31N7O2/c1-31-28(37)27-11-12-32-29(34-27)38-24-8-6-23(7-9-24)36-16-14-35(15-17-36)13-3-2-4-22-20-33-26-10-5-21(19-30)18-25(22)26/h5-12,18,20,33H,2-4,13-17H2,1H3,(H,31,37). The second-order valence-corrected chi connectivity index (χ2v) is 9.37. The monoisotopic (exact) mass is 509 g/mol. The van der Waals surface area contributed by atoms with Crippen LogP contribution in [0.4, 0.5) is 5.69 Å². The van der Waals surface area contributed by atoms with E-state index in [-0.39, 0.29) is 17.6 Å². The van der Waals surface area contributed by atoms with Gasteiger partial charge in [0, 0.05) is 62.2 Å². The number of anilines is 1. The van der Waals surface area contributed by atoms with E-state index in [1.807, 2.05) is 42.5 Å². The van der Waals surface area contributed by atoms with Gasteiger partial charge in [0.1, 0.15) is 11.4 Å². The molecule has 9 heteroatoms. The first kappa shape index (κ1) is 25.2. The van der Waals surface area contributed by atoms with Crippen LogP contribution in [-0.4, -0.2) is 65.5 Å². The molecule has 0 radical (unpaired) electrons. The Morgan fingerprint density at radius 3 is 2.68 bits per heavy atom. The molecule has 1 aliphatic heterocycles. The summed E-state index contributed by atoms with van der Waals surface area (Å²) in [7, 11) is 1.56. The highest BCUT2D eigenvalue weighted by molar-refractivity contribution is 5.92. The molecule has 0 saturated carbocycles. The molecule has 1 fully saturated rings. The average Bonchev–Trinajstić information content (AvgIpc) is 3.38. The number of unbranched alkanes of at least 4 members (excludes halogenated alkanes) is 1. The molecular formula is C29H31N7O2. The van der Waals surface area contributed by atoms with Gasteiger partial charge in [-0.1, -0.05) is 0 Å². The Morgan fingerprint density at radius 2 is 1.92 bits per heavy atom. The fourth-order valence-corrected chi connectivity index (χ4v) is 4.81. The molecule has 0 bridgehead atoms. The predicted octanol–water partition coefficient (Wildman–Crippen LogP) is 4.13. The Labute approximate surface area is 222 Å². The molecule has 1 saturated heterocycles. The predicted molar refractivity (Wildman–Crippen MR) is 147 cm³/mol. The number of rotatable bonds is 9. The lowest BCUT2D eigenvalue weighted by Gasteiger charge is -2.36. The molecule has 1 aliphatic rings. The van der Waals surface area contributed by atoms with Gasteiger partial charge in [0.2, 0.25) is 0 Å². The van der Waals surface area contributed by atoms with Crippen molar-refractivity contribution in [1.82, 2.24) is 25.2 Å². The first-order valence-corrected chi connectivity index (χ1v) is 12.9. The molecule has 3 heterocycles. The minimum Gasteiger partial charge on any atom is -0.424 e. The summed E-state index contributed by atoms with van der Waals surface area (Å²) in [5.74, 6) is 0.344. The smallest absolute Gasteiger partial charge is 0.322 e. The molecule has 9 nitrogen and oxygen atoms in total. The topological polar surface area (TPSA) is 110 Å². The molecule has 2 aromatic carbocycles. The number of nitriles is 1. The lowest BCUT2D eigenvalue weighted by atomic mass is 10.1. The van der Waals surface area contributed by atoms with E-state index in [9.17, 15) is 10.1 Å². The summed E-state index contributed by atoms with van der Waals surface area (Å²) in [5, 5.41) is 12.9. The highest BCUT2D eigenvalue weighted by Crippen LogP contribution is 2.24. The van der Waals surface area contributed by atoms with Crippen molar-refractivity contribution in [2.75, 3.05) is 44.7 Å². The summed E-state index contributed by atoms with van der Waals surface area (Å²) in [6, 6.07) is 17.7. The van der Waals surface area contributed by atoms with Crippen molar-refractivity contribution >= 4 is 22.5 Å². The van der Waals surface area contributed by atoms with Gasteiger partial charge in [0.15, 0.2) is 0 Å². The number of fused-ring (bicyclic) bond motifs is 1. The second kappa shape index (κ2) is 11.8. The molecule has 0 unspecified atom stereocenters. The van der Waals surface area contributed by atoms with Crippen molar-refractivity contribution in [1.29, 1.82) is 5.26 Å². The van der Waals surface area contributed by atoms with Gasteiger partial charge in [-0.25, -0.2) is 4.98 Å². The van der Waals surface area contributed by atoms with E-state index < -0.39 is 0 Å². The molecule has 0 atom stereocenters. The number of nitrogens with zero attached hydrogens (tertiary/aromatic N) is 5. The fraction of sp³-hybridized carbons (Fsp3) is 0.310. The van der Waals surface area contributed by atoms with E-state index >= 15 is 0 Å². The lowest BCUT2D eigenvalue weighted by Crippen LogP contribution is -2.46. The highest BCUT2D eigenvalue weighted by Gasteiger charge is 2.17. The maximum Gasteiger partial charge on any atom is 0.322 e. The molecule has 194 valence electrons. The van der Waals surface area contributed by atoms with Crippen molar-refractivity contribution in [3.05, 3.63) is 77.7 Å². The minimum atomic E-state index is -0.281. The molecule has 0 aliphatic carbocycles. The number of benzene rings is 2. The van der Waals surface area contributed by atoms with E-state index in [1.165, 1.54) is 17.1 Å². The third-order valence-electron chi connectivity index (χ3n) is 6.94. The zero-order valence-electron chi connectivity index (χ0n) is 21.5. The maximum absolute atomic E-state index is 11.8. The summed E-state index contributed by atoms with van der Waals surface area (Å²) in [6.07, 6.45) is 6.88. The van der Waals surface area contributed by atoms with Crippen molar-refractivity contribution in [3.63, 3.8) is 0 Å². The Bertz CT molecular complexity index is 1430. The van der Waals surface area contributed by atoms with Gasteiger partial charge in [-0.15, -0.1) is 0 Å². The molecule has 38 heavy (non-hydrogen) atoms. The number of nitrogens with one attached hydrogen (secondary N) is 2. The van der Waals surface area contributed by atoms with Crippen molar-refractivity contribution in [2.24, 2.45) is 0 Å². The summed E-state index contributed by atoms with van der Waals surface area (Å²) < 4.78 is 5.74. The molecule has 0 spiro atoms. The van der Waals surface area contributed by atoms with Crippen LogP contribution in [0.25, 0.3) is 10.9 Å². The zero-order chi connectivity index (χ0) is 26.3. The van der Waals surface area contributed by atoms with Gasteiger partial charge >= 0.3 is 6.01 Å². The van der Waals surface area contributed by atoms with Gasteiger partial charge in [-0.3, -0.25) is 9.69 Å².